The molecule has 0 saturated heterocycles. The zero-order chi connectivity index (χ0) is 64.9. The number of rotatable bonds is 12. The normalized spacial score (nSPS) is 16.3. The van der Waals surface area contributed by atoms with Crippen LogP contribution in [0.2, 0.25) is 0 Å². The maximum atomic E-state index is 14.9. The Morgan fingerprint density at radius 1 is 0.250 bits per heavy atom. The van der Waals surface area contributed by atoms with E-state index in [2.05, 4.69) is 0 Å². The average Bonchev–Trinajstić information content (AvgIpc) is 0.961. The number of hydrogen-bond donors (Lipinski definition) is 4. The molecular weight excluding hydrogens is 1200 g/mol. The summed E-state index contributed by atoms with van der Waals surface area (Å²) in [6.45, 7) is 26.5. The Kier molecular flexibility index (Phi) is 17.0. The number of phenols is 4. The molecule has 1 aliphatic carbocycles. The van der Waals surface area contributed by atoms with Gasteiger partial charge in [-0.15, -0.1) is 0 Å². The number of aryl methyl sites for hydroxylation is 12. The first-order chi connectivity index (χ1) is 40.8. The van der Waals surface area contributed by atoms with Gasteiger partial charge in [0.05, 0.1) is 0 Å². The predicted molar refractivity (Wildman–Crippen MR) is 336 cm³/mol. The quantitative estimate of drug-likeness (QED) is 0.0830. The standard InChI is InChI=1S/C68H72O16S4/c1-33-17-37(5)65(38(6)18-33)85(73,74)81-61-31-62(82-86(75,76)66-39(7)19-34(2)20-40(66)8)54-27-53(61)45(13)49-25-50(58(70)29-57(49)69)47(15)55-28-56(48(16)52-26-51(46(54)14)59(71)30-60(52)72)64(84-88(79,80)68-43(11)23-36(4)24-44(68)12)32-63(55)83-87(77,78)67-41(9)21-35(3)22-42(67)10/h17-32,45-48,69-72H,1-16H3/t45-,46+,47+,48-. The molecule has 0 radical (unpaired) electrons. The van der Waals surface area contributed by atoms with Crippen molar-refractivity contribution in [2.24, 2.45) is 0 Å². The Labute approximate surface area is 516 Å². The van der Waals surface area contributed by atoms with Gasteiger partial charge in [0.1, 0.15) is 42.6 Å². The van der Waals surface area contributed by atoms with Gasteiger partial charge < -0.3 is 37.2 Å². The second-order valence-electron chi connectivity index (χ2n) is 23.7. The first-order valence-corrected chi connectivity index (χ1v) is 34.0. The molecule has 0 unspecified atom stereocenters. The van der Waals surface area contributed by atoms with Crippen LogP contribution in [0.4, 0.5) is 0 Å². The molecule has 88 heavy (non-hydrogen) atoms. The smallest absolute Gasteiger partial charge is 0.339 e. The van der Waals surface area contributed by atoms with Gasteiger partial charge in [-0.2, -0.15) is 33.7 Å². The highest BCUT2D eigenvalue weighted by molar-refractivity contribution is 7.88. The molecule has 16 nitrogen and oxygen atoms in total. The van der Waals surface area contributed by atoms with Gasteiger partial charge in [0.15, 0.2) is 23.0 Å². The second-order valence-corrected chi connectivity index (χ2v) is 29.7. The first-order valence-electron chi connectivity index (χ1n) is 28.4. The third-order valence-electron chi connectivity index (χ3n) is 16.6. The summed E-state index contributed by atoms with van der Waals surface area (Å²) < 4.78 is 144. The van der Waals surface area contributed by atoms with Crippen molar-refractivity contribution in [2.45, 2.75) is 154 Å². The lowest BCUT2D eigenvalue weighted by molar-refractivity contribution is 0.438. The minimum atomic E-state index is -4.81. The topological polar surface area (TPSA) is 254 Å². The zero-order valence-electron chi connectivity index (χ0n) is 51.9. The molecule has 4 atom stereocenters. The maximum Gasteiger partial charge on any atom is 0.339 e. The van der Waals surface area contributed by atoms with Crippen LogP contribution in [0.1, 0.15) is 163 Å². The molecule has 20 heteroatoms. The molecule has 0 aliphatic heterocycles. The van der Waals surface area contributed by atoms with E-state index in [1.54, 1.807) is 132 Å². The number of benzene rings is 8. The SMILES string of the molecule is Cc1cc(C)c(S(=O)(=O)Oc2cc(OS(=O)(=O)c3c(C)cc(C)cc3C)c3cc2[C@H](C)c2cc(c(O)cc2O)[C@H](C)c2cc(c(OS(=O)(=O)c4c(C)cc(C)cc4C)cc2OS(=O)(=O)c2c(C)cc(C)cc2C)[C@H](C)c2cc(c(O)cc2O)[C@@H]3C)c(C)c1. The van der Waals surface area contributed by atoms with Gasteiger partial charge >= 0.3 is 40.5 Å². The Bertz CT molecular complexity index is 4050. The van der Waals surface area contributed by atoms with E-state index in [0.29, 0.717) is 44.5 Å². The van der Waals surface area contributed by atoms with Gasteiger partial charge in [-0.05, 0) is 152 Å². The van der Waals surface area contributed by atoms with Crippen molar-refractivity contribution >= 4 is 40.5 Å². The van der Waals surface area contributed by atoms with Crippen molar-refractivity contribution < 1.29 is 70.8 Å². The number of hydrogen-bond acceptors (Lipinski definition) is 16. The maximum absolute atomic E-state index is 14.9. The summed E-state index contributed by atoms with van der Waals surface area (Å²) in [5.41, 5.74) is 6.34. The van der Waals surface area contributed by atoms with Gasteiger partial charge in [0, 0.05) is 92.4 Å². The lowest BCUT2D eigenvalue weighted by Gasteiger charge is -2.28. The highest BCUT2D eigenvalue weighted by atomic mass is 32.2. The predicted octanol–water partition coefficient (Wildman–Crippen LogP) is 14.2. The van der Waals surface area contributed by atoms with Crippen LogP contribution in [0.25, 0.3) is 0 Å². The Morgan fingerprint density at radius 2 is 0.409 bits per heavy atom. The van der Waals surface area contributed by atoms with Crippen LogP contribution >= 0.6 is 0 Å². The van der Waals surface area contributed by atoms with Crippen LogP contribution in [0.5, 0.6) is 46.0 Å². The van der Waals surface area contributed by atoms with Gasteiger partial charge in [0.2, 0.25) is 0 Å². The van der Waals surface area contributed by atoms with Crippen LogP contribution < -0.4 is 16.7 Å². The number of fused-ring (bicyclic) bond motifs is 8. The van der Waals surface area contributed by atoms with Gasteiger partial charge in [-0.25, -0.2) is 0 Å². The monoisotopic (exact) mass is 1270 g/mol. The van der Waals surface area contributed by atoms with Gasteiger partial charge in [-0.1, -0.05) is 98.5 Å². The molecule has 0 saturated carbocycles. The Morgan fingerprint density at radius 3 is 0.580 bits per heavy atom. The molecular formula is C68H72O16S4. The fraction of sp³-hybridized carbons (Fsp3) is 0.294. The first kappa shape index (κ1) is 64.4. The van der Waals surface area contributed by atoms with Crippen molar-refractivity contribution in [3.05, 3.63) is 208 Å². The van der Waals surface area contributed by atoms with Crippen LogP contribution in [0.15, 0.2) is 117 Å². The highest BCUT2D eigenvalue weighted by Gasteiger charge is 2.37. The van der Waals surface area contributed by atoms with Crippen LogP contribution in [-0.4, -0.2) is 54.1 Å². The van der Waals surface area contributed by atoms with E-state index in [-0.39, 0.29) is 64.1 Å². The summed E-state index contributed by atoms with van der Waals surface area (Å²) >= 11 is 0. The molecule has 464 valence electrons. The van der Waals surface area contributed by atoms with E-state index >= 15 is 0 Å². The molecule has 8 aromatic rings. The van der Waals surface area contributed by atoms with E-state index in [1.165, 1.54) is 24.3 Å². The molecule has 1 aliphatic rings. The molecule has 0 heterocycles. The van der Waals surface area contributed by atoms with E-state index in [9.17, 15) is 54.1 Å². The van der Waals surface area contributed by atoms with Crippen molar-refractivity contribution in [1.82, 2.24) is 0 Å². The Balaban J connectivity index is 1.38. The summed E-state index contributed by atoms with van der Waals surface area (Å²) in [6, 6.07) is 23.5. The molecule has 0 aromatic heterocycles. The number of aromatic hydroxyl groups is 4. The molecule has 4 N–H and O–H groups in total. The average molecular weight is 1270 g/mol. The summed E-state index contributed by atoms with van der Waals surface area (Å²) in [7, 11) is -19.2. The van der Waals surface area contributed by atoms with E-state index in [4.69, 9.17) is 16.7 Å². The fourth-order valence-electron chi connectivity index (χ4n) is 13.0. The zero-order valence-corrected chi connectivity index (χ0v) is 55.1. The molecule has 8 aromatic carbocycles. The summed E-state index contributed by atoms with van der Waals surface area (Å²) in [5.74, 6) is -8.20. The lowest BCUT2D eigenvalue weighted by Crippen LogP contribution is -2.18. The van der Waals surface area contributed by atoms with Crippen molar-refractivity contribution in [1.29, 1.82) is 0 Å². The van der Waals surface area contributed by atoms with Crippen molar-refractivity contribution in [2.75, 3.05) is 0 Å². The molecule has 9 rings (SSSR count). The second kappa shape index (κ2) is 23.2. The fourth-order valence-corrected chi connectivity index (χ4v) is 18.5. The van der Waals surface area contributed by atoms with Crippen molar-refractivity contribution in [3.8, 4) is 46.0 Å². The lowest BCUT2D eigenvalue weighted by atomic mass is 9.81. The molecule has 0 fully saturated rings. The number of phenolic OH excluding ortho intramolecular Hbond substituents is 4. The molecule has 0 amide bonds. The summed E-state index contributed by atoms with van der Waals surface area (Å²) in [6.07, 6.45) is 0. The Hall–Kier alpha value is -8.04. The van der Waals surface area contributed by atoms with E-state index < -0.39 is 110 Å². The molecule has 8 bridgehead atoms. The minimum Gasteiger partial charge on any atom is -0.508 e. The van der Waals surface area contributed by atoms with Crippen LogP contribution in [0, 0.1) is 83.1 Å². The van der Waals surface area contributed by atoms with Crippen molar-refractivity contribution in [3.63, 3.8) is 0 Å². The van der Waals surface area contributed by atoms with Crippen LogP contribution in [-0.2, 0) is 40.5 Å². The summed E-state index contributed by atoms with van der Waals surface area (Å²) in [4.78, 5) is -0.647. The van der Waals surface area contributed by atoms with Crippen LogP contribution in [0.3, 0.4) is 0 Å². The largest absolute Gasteiger partial charge is 0.508 e. The van der Waals surface area contributed by atoms with Gasteiger partial charge in [0.25, 0.3) is 0 Å². The third-order valence-corrected chi connectivity index (χ3v) is 22.8. The highest BCUT2D eigenvalue weighted by Crippen LogP contribution is 2.52. The van der Waals surface area contributed by atoms with Gasteiger partial charge in [-0.3, -0.25) is 0 Å². The van der Waals surface area contributed by atoms with E-state index in [0.717, 1.165) is 46.5 Å². The summed E-state index contributed by atoms with van der Waals surface area (Å²) in [5, 5.41) is 48.2. The molecule has 0 spiro atoms. The van der Waals surface area contributed by atoms with E-state index in [1.807, 2.05) is 27.7 Å². The minimum absolute atomic E-state index is 0.0434. The third kappa shape index (κ3) is 12.0.